The van der Waals surface area contributed by atoms with Crippen molar-refractivity contribution >= 4 is 11.6 Å². The molecule has 20 heavy (non-hydrogen) atoms. The first-order chi connectivity index (χ1) is 9.42. The van der Waals surface area contributed by atoms with Gasteiger partial charge in [0.05, 0.1) is 12.1 Å². The van der Waals surface area contributed by atoms with Crippen molar-refractivity contribution < 1.29 is 4.39 Å². The number of aliphatic imine (C=N–C) groups is 1. The van der Waals surface area contributed by atoms with Crippen molar-refractivity contribution in [3.8, 4) is 0 Å². The number of guanidine groups is 1. The van der Waals surface area contributed by atoms with Crippen molar-refractivity contribution in [2.24, 2.45) is 16.1 Å². The molecule has 4 heteroatoms. The lowest BCUT2D eigenvalue weighted by atomic mass is 9.69. The molecule has 1 aliphatic heterocycles. The Labute approximate surface area is 119 Å². The molecular weight excluding hydrogens is 253 g/mol. The standard InChI is InChI=1S/C16H22FN3/c1-15(2)6-8-16(9-7-15)11-19-14(18)20(16)13-5-3-4-12(17)10-13/h3-5,10H,6-9,11H2,1-2H3,(H2,18,19). The molecule has 0 unspecified atom stereocenters. The van der Waals surface area contributed by atoms with Gasteiger partial charge in [-0.1, -0.05) is 19.9 Å². The highest BCUT2D eigenvalue weighted by Gasteiger charge is 2.47. The van der Waals surface area contributed by atoms with E-state index in [1.54, 1.807) is 12.1 Å². The predicted molar refractivity (Wildman–Crippen MR) is 80.3 cm³/mol. The van der Waals surface area contributed by atoms with Crippen LogP contribution in [0.15, 0.2) is 29.3 Å². The minimum Gasteiger partial charge on any atom is -0.369 e. The zero-order valence-electron chi connectivity index (χ0n) is 12.2. The Morgan fingerprint density at radius 3 is 2.55 bits per heavy atom. The summed E-state index contributed by atoms with van der Waals surface area (Å²) >= 11 is 0. The first-order valence-corrected chi connectivity index (χ1v) is 7.28. The summed E-state index contributed by atoms with van der Waals surface area (Å²) in [6, 6.07) is 6.66. The van der Waals surface area contributed by atoms with E-state index >= 15 is 0 Å². The minimum absolute atomic E-state index is 0.0482. The molecule has 1 saturated carbocycles. The molecule has 1 aromatic rings. The average molecular weight is 275 g/mol. The van der Waals surface area contributed by atoms with Gasteiger partial charge in [0.15, 0.2) is 5.96 Å². The molecule has 0 aromatic heterocycles. The Balaban J connectivity index is 1.93. The molecule has 3 rings (SSSR count). The number of hydrogen-bond acceptors (Lipinski definition) is 3. The van der Waals surface area contributed by atoms with E-state index in [1.165, 1.54) is 6.07 Å². The van der Waals surface area contributed by atoms with Gasteiger partial charge in [-0.2, -0.15) is 0 Å². The van der Waals surface area contributed by atoms with Crippen molar-refractivity contribution in [3.05, 3.63) is 30.1 Å². The van der Waals surface area contributed by atoms with Gasteiger partial charge in [0.2, 0.25) is 0 Å². The largest absolute Gasteiger partial charge is 0.369 e. The highest BCUT2D eigenvalue weighted by atomic mass is 19.1. The van der Waals surface area contributed by atoms with Crippen molar-refractivity contribution in [2.75, 3.05) is 11.4 Å². The Kier molecular flexibility index (Phi) is 3.00. The molecule has 0 atom stereocenters. The maximum Gasteiger partial charge on any atom is 0.196 e. The zero-order chi connectivity index (χ0) is 14.4. The zero-order valence-corrected chi connectivity index (χ0v) is 12.2. The van der Waals surface area contributed by atoms with Crippen LogP contribution in [0.5, 0.6) is 0 Å². The summed E-state index contributed by atoms with van der Waals surface area (Å²) in [6.45, 7) is 5.35. The van der Waals surface area contributed by atoms with E-state index in [0.717, 1.165) is 37.9 Å². The van der Waals surface area contributed by atoms with Crippen LogP contribution < -0.4 is 10.6 Å². The third kappa shape index (κ3) is 2.17. The van der Waals surface area contributed by atoms with Crippen LogP contribution in [0.25, 0.3) is 0 Å². The summed E-state index contributed by atoms with van der Waals surface area (Å²) in [6.07, 6.45) is 4.42. The maximum atomic E-state index is 13.5. The quantitative estimate of drug-likeness (QED) is 0.854. The summed E-state index contributed by atoms with van der Waals surface area (Å²) in [5.41, 5.74) is 7.25. The molecule has 2 N–H and O–H groups in total. The molecule has 3 nitrogen and oxygen atoms in total. The van der Waals surface area contributed by atoms with E-state index < -0.39 is 0 Å². The fourth-order valence-electron chi connectivity index (χ4n) is 3.41. The van der Waals surface area contributed by atoms with Crippen LogP contribution in [0, 0.1) is 11.2 Å². The van der Waals surface area contributed by atoms with Crippen LogP contribution in [0.2, 0.25) is 0 Å². The van der Waals surface area contributed by atoms with Crippen LogP contribution in [-0.2, 0) is 0 Å². The van der Waals surface area contributed by atoms with Crippen molar-refractivity contribution in [3.63, 3.8) is 0 Å². The second-order valence-corrected chi connectivity index (χ2v) is 6.88. The summed E-state index contributed by atoms with van der Waals surface area (Å²) in [5.74, 6) is 0.295. The highest BCUT2D eigenvalue weighted by molar-refractivity contribution is 5.98. The molecule has 0 saturated heterocycles. The van der Waals surface area contributed by atoms with Gasteiger partial charge in [-0.25, -0.2) is 4.39 Å². The lowest BCUT2D eigenvalue weighted by molar-refractivity contribution is 0.176. The predicted octanol–water partition coefficient (Wildman–Crippen LogP) is 3.30. The summed E-state index contributed by atoms with van der Waals surface area (Å²) in [4.78, 5) is 6.51. The Morgan fingerprint density at radius 2 is 1.90 bits per heavy atom. The first kappa shape index (κ1) is 13.4. The lowest BCUT2D eigenvalue weighted by Gasteiger charge is -2.46. The summed E-state index contributed by atoms with van der Waals surface area (Å²) < 4.78 is 13.5. The van der Waals surface area contributed by atoms with Crippen molar-refractivity contribution in [2.45, 2.75) is 45.1 Å². The van der Waals surface area contributed by atoms with Gasteiger partial charge >= 0.3 is 0 Å². The number of nitrogens with zero attached hydrogens (tertiary/aromatic N) is 2. The molecule has 108 valence electrons. The second kappa shape index (κ2) is 4.47. The van der Waals surface area contributed by atoms with Crippen molar-refractivity contribution in [1.82, 2.24) is 0 Å². The summed E-state index contributed by atoms with van der Waals surface area (Å²) in [7, 11) is 0. The molecule has 1 fully saturated rings. The normalized spacial score (nSPS) is 23.9. The minimum atomic E-state index is -0.228. The van der Waals surface area contributed by atoms with Gasteiger partial charge in [-0.3, -0.25) is 4.99 Å². The molecule has 0 bridgehead atoms. The van der Waals surface area contributed by atoms with Crippen LogP contribution in [0.3, 0.4) is 0 Å². The van der Waals surface area contributed by atoms with E-state index in [4.69, 9.17) is 5.73 Å². The highest BCUT2D eigenvalue weighted by Crippen LogP contribution is 2.46. The van der Waals surface area contributed by atoms with Crippen LogP contribution in [0.1, 0.15) is 39.5 Å². The third-order valence-electron chi connectivity index (χ3n) is 4.84. The molecule has 1 aromatic carbocycles. The topological polar surface area (TPSA) is 41.6 Å². The van der Waals surface area contributed by atoms with Gasteiger partial charge in [0.25, 0.3) is 0 Å². The fourth-order valence-corrected chi connectivity index (χ4v) is 3.41. The number of anilines is 1. The Bertz CT molecular complexity index is 540. The van der Waals surface area contributed by atoms with E-state index in [2.05, 4.69) is 23.7 Å². The molecule has 1 heterocycles. The fraction of sp³-hybridized carbons (Fsp3) is 0.562. The third-order valence-corrected chi connectivity index (χ3v) is 4.84. The monoisotopic (exact) mass is 275 g/mol. The van der Waals surface area contributed by atoms with Gasteiger partial charge in [0, 0.05) is 5.69 Å². The van der Waals surface area contributed by atoms with Gasteiger partial charge < -0.3 is 10.6 Å². The molecule has 2 aliphatic rings. The SMILES string of the molecule is CC1(C)CCC2(CC1)CN=C(N)N2c1cccc(F)c1. The van der Waals surface area contributed by atoms with Crippen LogP contribution >= 0.6 is 0 Å². The molecule has 1 spiro atoms. The Morgan fingerprint density at radius 1 is 1.20 bits per heavy atom. The van der Waals surface area contributed by atoms with E-state index in [0.29, 0.717) is 11.4 Å². The number of halogens is 1. The first-order valence-electron chi connectivity index (χ1n) is 7.28. The van der Waals surface area contributed by atoms with Gasteiger partial charge in [-0.05, 0) is 49.3 Å². The van der Waals surface area contributed by atoms with Crippen LogP contribution in [0.4, 0.5) is 10.1 Å². The molecule has 0 radical (unpaired) electrons. The number of benzene rings is 1. The van der Waals surface area contributed by atoms with E-state index in [1.807, 2.05) is 6.07 Å². The molecule has 1 aliphatic carbocycles. The Hall–Kier alpha value is -1.58. The molecule has 0 amide bonds. The average Bonchev–Trinajstić information content (AvgIpc) is 2.71. The van der Waals surface area contributed by atoms with E-state index in [9.17, 15) is 4.39 Å². The van der Waals surface area contributed by atoms with Gasteiger partial charge in [-0.15, -0.1) is 0 Å². The van der Waals surface area contributed by atoms with Crippen molar-refractivity contribution in [1.29, 1.82) is 0 Å². The lowest BCUT2D eigenvalue weighted by Crippen LogP contribution is -2.54. The maximum absolute atomic E-state index is 13.5. The smallest absolute Gasteiger partial charge is 0.196 e. The molecular formula is C16H22FN3. The summed E-state index contributed by atoms with van der Waals surface area (Å²) in [5, 5.41) is 0. The van der Waals surface area contributed by atoms with Gasteiger partial charge in [0.1, 0.15) is 5.82 Å². The van der Waals surface area contributed by atoms with E-state index in [-0.39, 0.29) is 11.4 Å². The number of nitrogens with two attached hydrogens (primary N) is 1. The van der Waals surface area contributed by atoms with Crippen LogP contribution in [-0.4, -0.2) is 18.0 Å². The number of rotatable bonds is 1. The second-order valence-electron chi connectivity index (χ2n) is 6.88. The number of hydrogen-bond donors (Lipinski definition) is 1.